The molecule has 0 aromatic heterocycles. The van der Waals surface area contributed by atoms with Crippen LogP contribution in [0.3, 0.4) is 0 Å². The van der Waals surface area contributed by atoms with Crippen LogP contribution < -0.4 is 14.8 Å². The molecule has 0 amide bonds. The van der Waals surface area contributed by atoms with Crippen LogP contribution in [0.25, 0.3) is 0 Å². The number of methoxy groups -OCH3 is 1. The molecule has 2 N–H and O–H groups in total. The molecule has 7 heteroatoms. The van der Waals surface area contributed by atoms with Gasteiger partial charge in [-0.05, 0) is 44.2 Å². The summed E-state index contributed by atoms with van der Waals surface area (Å²) in [6.07, 6.45) is 0. The van der Waals surface area contributed by atoms with Gasteiger partial charge in [0.2, 0.25) is 10.0 Å². The van der Waals surface area contributed by atoms with E-state index < -0.39 is 10.0 Å². The van der Waals surface area contributed by atoms with Crippen LogP contribution in [0.4, 0.5) is 0 Å². The minimum Gasteiger partial charge on any atom is -0.496 e. The molecule has 0 heterocycles. The summed E-state index contributed by atoms with van der Waals surface area (Å²) in [4.78, 5) is 0.259. The Morgan fingerprint density at radius 1 is 1.35 bits per heavy atom. The van der Waals surface area contributed by atoms with Gasteiger partial charge in [-0.2, -0.15) is 0 Å². The smallest absolute Gasteiger partial charge is 0.240 e. The maximum absolute atomic E-state index is 12.1. The molecule has 0 aliphatic heterocycles. The zero-order chi connectivity index (χ0) is 14.5. The van der Waals surface area contributed by atoms with Crippen LogP contribution in [0.2, 0.25) is 0 Å². The van der Waals surface area contributed by atoms with Gasteiger partial charge in [0, 0.05) is 12.6 Å². The van der Waals surface area contributed by atoms with Gasteiger partial charge in [0.25, 0.3) is 0 Å². The predicted octanol–water partition coefficient (Wildman–Crippen LogP) is 1.70. The van der Waals surface area contributed by atoms with Crippen molar-refractivity contribution in [2.45, 2.75) is 31.7 Å². The molecule has 0 spiro atoms. The highest BCUT2D eigenvalue weighted by Gasteiger charge is 2.16. The van der Waals surface area contributed by atoms with Gasteiger partial charge < -0.3 is 10.1 Å². The molecule has 1 rings (SSSR count). The van der Waals surface area contributed by atoms with E-state index in [0.29, 0.717) is 12.3 Å². The number of ether oxygens (including phenoxy) is 1. The highest BCUT2D eigenvalue weighted by molar-refractivity contribution is 7.89. The molecule has 0 unspecified atom stereocenters. The Balaban J connectivity index is 0.00000361. The highest BCUT2D eigenvalue weighted by Crippen LogP contribution is 2.21. The molecule has 0 aliphatic rings. The number of halogens is 1. The van der Waals surface area contributed by atoms with E-state index in [2.05, 4.69) is 10.0 Å². The quantitative estimate of drug-likeness (QED) is 0.802. The SMILES string of the molecule is CCN[C@H](C)CNS(=O)(=O)c1ccc(OC)c(C)c1.Cl. The summed E-state index contributed by atoms with van der Waals surface area (Å²) in [6.45, 7) is 6.91. The lowest BCUT2D eigenvalue weighted by Crippen LogP contribution is -2.38. The first kappa shape index (κ1) is 19.2. The van der Waals surface area contributed by atoms with Gasteiger partial charge in [0.15, 0.2) is 0 Å². The topological polar surface area (TPSA) is 67.4 Å². The van der Waals surface area contributed by atoms with Gasteiger partial charge in [0.1, 0.15) is 5.75 Å². The Kier molecular flexibility index (Phi) is 8.12. The van der Waals surface area contributed by atoms with Crippen LogP contribution in [-0.4, -0.2) is 34.7 Å². The summed E-state index contributed by atoms with van der Waals surface area (Å²) >= 11 is 0. The number of aryl methyl sites for hydroxylation is 1. The van der Waals surface area contributed by atoms with Crippen LogP contribution in [0.5, 0.6) is 5.75 Å². The van der Waals surface area contributed by atoms with Gasteiger partial charge >= 0.3 is 0 Å². The summed E-state index contributed by atoms with van der Waals surface area (Å²) in [6, 6.07) is 4.92. The third-order valence-corrected chi connectivity index (χ3v) is 4.23. The normalized spacial score (nSPS) is 12.6. The van der Waals surface area contributed by atoms with E-state index >= 15 is 0 Å². The lowest BCUT2D eigenvalue weighted by molar-refractivity contribution is 0.411. The Bertz CT molecular complexity index is 520. The fourth-order valence-electron chi connectivity index (χ4n) is 1.76. The van der Waals surface area contributed by atoms with Crippen LogP contribution in [0, 0.1) is 6.92 Å². The minimum atomic E-state index is -3.47. The molecule has 1 aromatic carbocycles. The molecular weight excluding hydrogens is 300 g/mol. The molecular formula is C13H23ClN2O3S. The summed E-state index contributed by atoms with van der Waals surface area (Å²) in [7, 11) is -1.90. The summed E-state index contributed by atoms with van der Waals surface area (Å²) in [5, 5.41) is 3.15. The van der Waals surface area contributed by atoms with Crippen molar-refractivity contribution in [1.29, 1.82) is 0 Å². The molecule has 0 saturated heterocycles. The first-order valence-electron chi connectivity index (χ1n) is 6.28. The van der Waals surface area contributed by atoms with E-state index in [1.807, 2.05) is 20.8 Å². The van der Waals surface area contributed by atoms with E-state index in [-0.39, 0.29) is 23.3 Å². The predicted molar refractivity (Wildman–Crippen MR) is 83.3 cm³/mol. The zero-order valence-corrected chi connectivity index (χ0v) is 13.9. The van der Waals surface area contributed by atoms with Crippen molar-refractivity contribution < 1.29 is 13.2 Å². The van der Waals surface area contributed by atoms with Gasteiger partial charge in [-0.3, -0.25) is 0 Å². The largest absolute Gasteiger partial charge is 0.496 e. The van der Waals surface area contributed by atoms with Gasteiger partial charge in [0.05, 0.1) is 12.0 Å². The average Bonchev–Trinajstić information content (AvgIpc) is 2.37. The van der Waals surface area contributed by atoms with Crippen molar-refractivity contribution in [3.05, 3.63) is 23.8 Å². The van der Waals surface area contributed by atoms with Crippen molar-refractivity contribution in [2.24, 2.45) is 0 Å². The van der Waals surface area contributed by atoms with Crippen molar-refractivity contribution in [2.75, 3.05) is 20.2 Å². The fraction of sp³-hybridized carbons (Fsp3) is 0.538. The first-order chi connectivity index (χ1) is 8.90. The average molecular weight is 323 g/mol. The second-order valence-electron chi connectivity index (χ2n) is 4.44. The number of nitrogens with one attached hydrogen (secondary N) is 2. The van der Waals surface area contributed by atoms with Crippen molar-refractivity contribution >= 4 is 22.4 Å². The van der Waals surface area contributed by atoms with Crippen molar-refractivity contribution in [1.82, 2.24) is 10.0 Å². The van der Waals surface area contributed by atoms with Crippen LogP contribution >= 0.6 is 12.4 Å². The molecule has 20 heavy (non-hydrogen) atoms. The second kappa shape index (κ2) is 8.46. The molecule has 1 atom stereocenters. The number of sulfonamides is 1. The second-order valence-corrected chi connectivity index (χ2v) is 6.21. The Morgan fingerprint density at radius 3 is 2.50 bits per heavy atom. The van der Waals surface area contributed by atoms with Crippen molar-refractivity contribution in [3.63, 3.8) is 0 Å². The van der Waals surface area contributed by atoms with E-state index in [0.717, 1.165) is 12.1 Å². The standard InChI is InChI=1S/C13H22N2O3S.ClH/c1-5-14-11(3)9-15-19(16,17)12-6-7-13(18-4)10(2)8-12;/h6-8,11,14-15H,5,9H2,1-4H3;1H/t11-;/m1./s1. The molecule has 0 fully saturated rings. The number of likely N-dealkylation sites (N-methyl/N-ethyl adjacent to an activating group) is 1. The molecule has 0 bridgehead atoms. The lowest BCUT2D eigenvalue weighted by atomic mass is 10.2. The number of hydrogen-bond donors (Lipinski definition) is 2. The van der Waals surface area contributed by atoms with Crippen molar-refractivity contribution in [3.8, 4) is 5.75 Å². The zero-order valence-electron chi connectivity index (χ0n) is 12.3. The summed E-state index contributed by atoms with van der Waals surface area (Å²) in [5.41, 5.74) is 0.796. The van der Waals surface area contributed by atoms with E-state index in [1.54, 1.807) is 25.3 Å². The molecule has 0 radical (unpaired) electrons. The summed E-state index contributed by atoms with van der Waals surface area (Å²) < 4.78 is 31.9. The Hall–Kier alpha value is -0.820. The fourth-order valence-corrected chi connectivity index (χ4v) is 2.97. The van der Waals surface area contributed by atoms with Crippen LogP contribution in [0.1, 0.15) is 19.4 Å². The maximum atomic E-state index is 12.1. The third-order valence-electron chi connectivity index (χ3n) is 2.81. The molecule has 0 saturated carbocycles. The summed E-state index contributed by atoms with van der Waals surface area (Å²) in [5.74, 6) is 0.681. The van der Waals surface area contributed by atoms with E-state index in [4.69, 9.17) is 4.74 Å². The number of benzene rings is 1. The van der Waals surface area contributed by atoms with Crippen LogP contribution in [-0.2, 0) is 10.0 Å². The molecule has 116 valence electrons. The maximum Gasteiger partial charge on any atom is 0.240 e. The molecule has 1 aromatic rings. The molecule has 0 aliphatic carbocycles. The minimum absolute atomic E-state index is 0. The number of hydrogen-bond acceptors (Lipinski definition) is 4. The number of rotatable bonds is 7. The van der Waals surface area contributed by atoms with Gasteiger partial charge in [-0.1, -0.05) is 6.92 Å². The van der Waals surface area contributed by atoms with E-state index in [9.17, 15) is 8.42 Å². The first-order valence-corrected chi connectivity index (χ1v) is 7.76. The monoisotopic (exact) mass is 322 g/mol. The van der Waals surface area contributed by atoms with E-state index in [1.165, 1.54) is 0 Å². The Labute approximate surface area is 127 Å². The molecule has 5 nitrogen and oxygen atoms in total. The van der Waals surface area contributed by atoms with Gasteiger partial charge in [-0.15, -0.1) is 12.4 Å². The lowest BCUT2D eigenvalue weighted by Gasteiger charge is -2.14. The highest BCUT2D eigenvalue weighted by atomic mass is 35.5. The Morgan fingerprint density at radius 2 is 2.00 bits per heavy atom. The van der Waals surface area contributed by atoms with Crippen LogP contribution in [0.15, 0.2) is 23.1 Å². The van der Waals surface area contributed by atoms with Gasteiger partial charge in [-0.25, -0.2) is 13.1 Å². The third kappa shape index (κ3) is 5.28.